The van der Waals surface area contributed by atoms with Gasteiger partial charge in [-0.2, -0.15) is 4.31 Å². The first kappa shape index (κ1) is 23.4. The largest absolute Gasteiger partial charge is 0.324 e. The van der Waals surface area contributed by atoms with E-state index >= 15 is 0 Å². The smallest absolute Gasteiger partial charge is 0.243 e. The molecule has 0 amide bonds. The lowest BCUT2D eigenvalue weighted by molar-refractivity contribution is 0.432. The first-order chi connectivity index (χ1) is 17.0. The van der Waals surface area contributed by atoms with Gasteiger partial charge in [0, 0.05) is 53.9 Å². The molecule has 2 aromatic carbocycles. The molecule has 0 atom stereocenters. The van der Waals surface area contributed by atoms with E-state index in [0.717, 1.165) is 35.1 Å². The normalized spacial score (nSPS) is 15.5. The summed E-state index contributed by atoms with van der Waals surface area (Å²) < 4.78 is 27.4. The van der Waals surface area contributed by atoms with Gasteiger partial charge in [-0.05, 0) is 49.4 Å². The topological polar surface area (TPSA) is 129 Å². The summed E-state index contributed by atoms with van der Waals surface area (Å²) in [6.45, 7) is 2.48. The number of nitrogens with zero attached hydrogens (tertiary/aromatic N) is 5. The van der Waals surface area contributed by atoms with Crippen LogP contribution in [-0.2, 0) is 10.0 Å². The van der Waals surface area contributed by atoms with E-state index in [-0.39, 0.29) is 4.90 Å². The monoisotopic (exact) mass is 510 g/mol. The van der Waals surface area contributed by atoms with Crippen LogP contribution in [0.1, 0.15) is 17.5 Å². The molecule has 1 fully saturated rings. The van der Waals surface area contributed by atoms with E-state index in [2.05, 4.69) is 36.0 Å². The van der Waals surface area contributed by atoms with Crippen molar-refractivity contribution in [2.75, 3.05) is 31.5 Å². The van der Waals surface area contributed by atoms with Gasteiger partial charge in [0.25, 0.3) is 0 Å². The average Bonchev–Trinajstić information content (AvgIpc) is 3.15. The summed E-state index contributed by atoms with van der Waals surface area (Å²) in [5.74, 6) is 0.401. The van der Waals surface area contributed by atoms with Gasteiger partial charge in [0.2, 0.25) is 16.0 Å². The number of fused-ring (bicyclic) bond motifs is 1. The van der Waals surface area contributed by atoms with Crippen LogP contribution in [-0.4, -0.2) is 64.3 Å². The second kappa shape index (κ2) is 10.1. The third-order valence-electron chi connectivity index (χ3n) is 5.60. The Hall–Kier alpha value is -3.38. The van der Waals surface area contributed by atoms with Crippen LogP contribution in [0.4, 0.5) is 11.6 Å². The lowest BCUT2D eigenvalue weighted by Gasteiger charge is -2.19. The molecule has 10 nitrogen and oxygen atoms in total. The van der Waals surface area contributed by atoms with Crippen molar-refractivity contribution in [1.82, 2.24) is 35.0 Å². The summed E-state index contributed by atoms with van der Waals surface area (Å²) >= 11 is 6.16. The molecule has 0 aliphatic carbocycles. The van der Waals surface area contributed by atoms with Crippen LogP contribution in [0.2, 0.25) is 5.02 Å². The minimum Gasteiger partial charge on any atom is -0.324 e. The molecule has 0 bridgehead atoms. The quantitative estimate of drug-likeness (QED) is 0.360. The number of rotatable bonds is 6. The fraction of sp³-hybridized carbons (Fsp3) is 0.217. The summed E-state index contributed by atoms with van der Waals surface area (Å²) in [6, 6.07) is 10.2. The number of nitrogens with one attached hydrogen (secondary N) is 3. The molecule has 0 saturated carbocycles. The zero-order chi connectivity index (χ0) is 24.3. The molecule has 3 N–H and O–H groups in total. The van der Waals surface area contributed by atoms with Crippen molar-refractivity contribution in [1.29, 1.82) is 0 Å². The van der Waals surface area contributed by atoms with Crippen LogP contribution in [0.15, 0.2) is 53.7 Å². The Kier molecular flexibility index (Phi) is 6.73. The van der Waals surface area contributed by atoms with E-state index in [9.17, 15) is 8.42 Å². The molecule has 1 aliphatic rings. The molecule has 12 heteroatoms. The highest BCUT2D eigenvalue weighted by atomic mass is 35.5. The highest BCUT2D eigenvalue weighted by molar-refractivity contribution is 7.89. The van der Waals surface area contributed by atoms with E-state index in [1.165, 1.54) is 4.31 Å². The number of hydrogen-bond acceptors (Lipinski definition) is 8. The number of benzene rings is 2. The van der Waals surface area contributed by atoms with Gasteiger partial charge in [-0.15, -0.1) is 5.10 Å². The van der Waals surface area contributed by atoms with E-state index in [1.54, 1.807) is 42.7 Å². The van der Waals surface area contributed by atoms with Crippen molar-refractivity contribution in [3.63, 3.8) is 0 Å². The fourth-order valence-corrected chi connectivity index (χ4v) is 5.50. The lowest BCUT2D eigenvalue weighted by Crippen LogP contribution is -2.34. The summed E-state index contributed by atoms with van der Waals surface area (Å²) in [5.41, 5.74) is 3.80. The van der Waals surface area contributed by atoms with Gasteiger partial charge < -0.3 is 10.6 Å². The number of sulfonamides is 1. The van der Waals surface area contributed by atoms with Gasteiger partial charge in [-0.1, -0.05) is 29.0 Å². The summed E-state index contributed by atoms with van der Waals surface area (Å²) in [7, 11) is -3.51. The number of hydrogen-bond donors (Lipinski definition) is 3. The Morgan fingerprint density at radius 3 is 2.63 bits per heavy atom. The van der Waals surface area contributed by atoms with Gasteiger partial charge in [0.15, 0.2) is 0 Å². The van der Waals surface area contributed by atoms with Gasteiger partial charge in [0.1, 0.15) is 5.52 Å². The SMILES string of the molecule is O=S(=O)(c1ccc(Nc2ncc(/C=C/c3cc(Cl)cc4[nH]nnc34)cn2)cc1)N1CCCNCC1. The van der Waals surface area contributed by atoms with Gasteiger partial charge >= 0.3 is 0 Å². The van der Waals surface area contributed by atoms with E-state index in [0.29, 0.717) is 36.3 Å². The minimum absolute atomic E-state index is 0.272. The highest BCUT2D eigenvalue weighted by Gasteiger charge is 2.24. The van der Waals surface area contributed by atoms with Crippen LogP contribution >= 0.6 is 11.6 Å². The number of halogens is 1. The Bertz CT molecular complexity index is 1450. The maximum Gasteiger partial charge on any atom is 0.243 e. The van der Waals surface area contributed by atoms with Crippen molar-refractivity contribution in [3.05, 3.63) is 64.9 Å². The maximum atomic E-state index is 12.9. The summed E-state index contributed by atoms with van der Waals surface area (Å²) in [5, 5.41) is 17.6. The Morgan fingerprint density at radius 2 is 1.83 bits per heavy atom. The predicted molar refractivity (Wildman–Crippen MR) is 136 cm³/mol. The average molecular weight is 511 g/mol. The molecule has 0 spiro atoms. The molecule has 0 unspecified atom stereocenters. The molecular formula is C23H23ClN8O2S. The summed E-state index contributed by atoms with van der Waals surface area (Å²) in [6.07, 6.45) is 7.90. The van der Waals surface area contributed by atoms with E-state index < -0.39 is 10.0 Å². The molecule has 5 rings (SSSR count). The van der Waals surface area contributed by atoms with Crippen molar-refractivity contribution >= 4 is 56.4 Å². The van der Waals surface area contributed by atoms with Crippen molar-refractivity contribution < 1.29 is 8.42 Å². The third kappa shape index (κ3) is 5.33. The molecule has 2 aromatic heterocycles. The van der Waals surface area contributed by atoms with Crippen molar-refractivity contribution in [3.8, 4) is 0 Å². The molecular weight excluding hydrogens is 488 g/mol. The van der Waals surface area contributed by atoms with Crippen LogP contribution in [0.3, 0.4) is 0 Å². The van der Waals surface area contributed by atoms with Crippen molar-refractivity contribution in [2.24, 2.45) is 0 Å². The standard InChI is InChI=1S/C23H23ClN8O2S/c24-18-12-17(22-21(13-18)29-31-30-22)3-2-16-14-26-23(27-15-16)28-19-4-6-20(7-5-19)35(33,34)32-10-1-8-25-9-11-32/h2-7,12-15,25H,1,8-11H2,(H,26,27,28)(H,29,30,31)/b3-2+. The summed E-state index contributed by atoms with van der Waals surface area (Å²) in [4.78, 5) is 8.96. The predicted octanol–water partition coefficient (Wildman–Crippen LogP) is 3.30. The zero-order valence-electron chi connectivity index (χ0n) is 18.6. The second-order valence-electron chi connectivity index (χ2n) is 8.03. The van der Waals surface area contributed by atoms with E-state index in [4.69, 9.17) is 11.6 Å². The Morgan fingerprint density at radius 1 is 1.03 bits per heavy atom. The molecule has 4 aromatic rings. The maximum absolute atomic E-state index is 12.9. The number of anilines is 2. The Balaban J connectivity index is 1.25. The zero-order valence-corrected chi connectivity index (χ0v) is 20.2. The first-order valence-electron chi connectivity index (χ1n) is 11.1. The number of aromatic amines is 1. The molecule has 3 heterocycles. The molecule has 1 saturated heterocycles. The molecule has 0 radical (unpaired) electrons. The molecule has 1 aliphatic heterocycles. The molecule has 35 heavy (non-hydrogen) atoms. The highest BCUT2D eigenvalue weighted by Crippen LogP contribution is 2.23. The van der Waals surface area contributed by atoms with Crippen molar-refractivity contribution in [2.45, 2.75) is 11.3 Å². The van der Waals surface area contributed by atoms with Crippen LogP contribution in [0, 0.1) is 0 Å². The Labute approximate surface area is 207 Å². The number of H-pyrrole nitrogens is 1. The second-order valence-corrected chi connectivity index (χ2v) is 10.4. The lowest BCUT2D eigenvalue weighted by atomic mass is 10.1. The van der Waals surface area contributed by atoms with Crippen LogP contribution < -0.4 is 10.6 Å². The first-order valence-corrected chi connectivity index (χ1v) is 12.9. The minimum atomic E-state index is -3.51. The van der Waals surface area contributed by atoms with E-state index in [1.807, 2.05) is 18.2 Å². The van der Waals surface area contributed by atoms with Gasteiger partial charge in [-0.25, -0.2) is 18.4 Å². The van der Waals surface area contributed by atoms with Crippen LogP contribution in [0.5, 0.6) is 0 Å². The van der Waals surface area contributed by atoms with Gasteiger partial charge in [0.05, 0.1) is 10.4 Å². The number of aromatic nitrogens is 5. The third-order valence-corrected chi connectivity index (χ3v) is 7.73. The molecule has 180 valence electrons. The van der Waals surface area contributed by atoms with Gasteiger partial charge in [-0.3, -0.25) is 5.10 Å². The van der Waals surface area contributed by atoms with Crippen LogP contribution in [0.25, 0.3) is 23.2 Å². The fourth-order valence-electron chi connectivity index (χ4n) is 3.80.